The van der Waals surface area contributed by atoms with Crippen LogP contribution in [0.4, 0.5) is 0 Å². The van der Waals surface area contributed by atoms with Gasteiger partial charge in [-0.1, -0.05) is 0 Å². The summed E-state index contributed by atoms with van der Waals surface area (Å²) in [6.07, 6.45) is 1.36. The second-order valence-corrected chi connectivity index (χ2v) is 3.35. The Morgan fingerprint density at radius 2 is 2.42 bits per heavy atom. The first-order chi connectivity index (χ1) is 5.70. The van der Waals surface area contributed by atoms with Crippen LogP contribution < -0.4 is 5.56 Å². The van der Waals surface area contributed by atoms with E-state index in [1.165, 1.54) is 10.8 Å². The van der Waals surface area contributed by atoms with E-state index in [0.717, 1.165) is 5.82 Å². The van der Waals surface area contributed by atoms with Crippen molar-refractivity contribution < 1.29 is 0 Å². The van der Waals surface area contributed by atoms with E-state index < -0.39 is 0 Å². The number of nitrogens with zero attached hydrogens (tertiary/aromatic N) is 3. The van der Waals surface area contributed by atoms with Crippen LogP contribution in [0.3, 0.4) is 0 Å². The Labute approximate surface area is 81.0 Å². The average Bonchev–Trinajstić information content (AvgIpc) is 2.29. The highest BCUT2D eigenvalue weighted by atomic mass is 127. The Hall–Kier alpha value is -0.920. The molecule has 0 fully saturated rings. The van der Waals surface area contributed by atoms with Gasteiger partial charge in [0, 0.05) is 0 Å². The van der Waals surface area contributed by atoms with Crippen LogP contribution in [0.15, 0.2) is 11.1 Å². The van der Waals surface area contributed by atoms with Crippen molar-refractivity contribution in [2.45, 2.75) is 6.92 Å². The summed E-state index contributed by atoms with van der Waals surface area (Å²) in [6, 6.07) is 0. The molecule has 2 rings (SSSR count). The Morgan fingerprint density at radius 1 is 1.67 bits per heavy atom. The zero-order chi connectivity index (χ0) is 8.72. The van der Waals surface area contributed by atoms with Crippen LogP contribution in [0.25, 0.3) is 5.52 Å². The Kier molecular flexibility index (Phi) is 1.63. The van der Waals surface area contributed by atoms with E-state index in [9.17, 15) is 4.79 Å². The van der Waals surface area contributed by atoms with E-state index in [1.54, 1.807) is 0 Å². The fourth-order valence-electron chi connectivity index (χ4n) is 1.04. The zero-order valence-electron chi connectivity index (χ0n) is 6.21. The molecule has 0 saturated heterocycles. The molecule has 0 atom stereocenters. The fourth-order valence-corrected chi connectivity index (χ4v) is 1.86. The van der Waals surface area contributed by atoms with Crippen LogP contribution >= 0.6 is 22.6 Å². The number of fused-ring (bicyclic) bond motifs is 1. The molecule has 62 valence electrons. The normalized spacial score (nSPS) is 10.8. The molecule has 2 aromatic rings. The van der Waals surface area contributed by atoms with E-state index in [1.807, 2.05) is 29.5 Å². The largest absolute Gasteiger partial charge is 0.310 e. The number of hydrogen-bond acceptors (Lipinski definition) is 3. The lowest BCUT2D eigenvalue weighted by Crippen LogP contribution is -2.11. The minimum absolute atomic E-state index is 0.157. The summed E-state index contributed by atoms with van der Waals surface area (Å²) in [7, 11) is 0. The maximum absolute atomic E-state index is 11.3. The smallest absolute Gasteiger partial charge is 0.277 e. The standard InChI is InChI=1S/C6H5IN4O/c1-3-10-5(7)4-6(12)8-2-9-11(3)4/h2H,1H3,(H,8,9,12). The number of nitrogens with one attached hydrogen (secondary N) is 1. The van der Waals surface area contributed by atoms with Crippen molar-refractivity contribution in [2.75, 3.05) is 0 Å². The third-order valence-electron chi connectivity index (χ3n) is 1.56. The lowest BCUT2D eigenvalue weighted by atomic mass is 10.6. The molecule has 0 saturated carbocycles. The number of halogens is 1. The van der Waals surface area contributed by atoms with Gasteiger partial charge in [-0.15, -0.1) is 0 Å². The van der Waals surface area contributed by atoms with Crippen molar-refractivity contribution in [3.05, 3.63) is 26.2 Å². The first-order valence-corrected chi connectivity index (χ1v) is 4.36. The molecule has 0 aliphatic heterocycles. The van der Waals surface area contributed by atoms with Gasteiger partial charge in [0.25, 0.3) is 5.56 Å². The molecule has 0 aromatic carbocycles. The molecule has 0 radical (unpaired) electrons. The molecule has 0 spiro atoms. The van der Waals surface area contributed by atoms with Crippen LogP contribution in [-0.4, -0.2) is 19.6 Å². The molecule has 5 nitrogen and oxygen atoms in total. The fraction of sp³-hybridized carbons (Fsp3) is 0.167. The highest BCUT2D eigenvalue weighted by Crippen LogP contribution is 2.08. The van der Waals surface area contributed by atoms with Gasteiger partial charge in [-0.05, 0) is 29.5 Å². The Balaban J connectivity index is 3.09. The van der Waals surface area contributed by atoms with E-state index in [0.29, 0.717) is 9.22 Å². The summed E-state index contributed by atoms with van der Waals surface area (Å²) in [5.41, 5.74) is 0.352. The molecular formula is C6H5IN4O. The third kappa shape index (κ3) is 0.942. The maximum atomic E-state index is 11.3. The molecular weight excluding hydrogens is 271 g/mol. The van der Waals surface area contributed by atoms with E-state index >= 15 is 0 Å². The number of aromatic amines is 1. The third-order valence-corrected chi connectivity index (χ3v) is 2.31. The van der Waals surface area contributed by atoms with Crippen molar-refractivity contribution in [1.82, 2.24) is 19.6 Å². The number of rotatable bonds is 0. The van der Waals surface area contributed by atoms with Crippen molar-refractivity contribution in [1.29, 1.82) is 0 Å². The van der Waals surface area contributed by atoms with E-state index in [-0.39, 0.29) is 5.56 Å². The van der Waals surface area contributed by atoms with Gasteiger partial charge in [0.2, 0.25) is 0 Å². The summed E-state index contributed by atoms with van der Waals surface area (Å²) >= 11 is 2.01. The summed E-state index contributed by atoms with van der Waals surface area (Å²) in [5, 5.41) is 3.96. The van der Waals surface area contributed by atoms with E-state index in [2.05, 4.69) is 15.1 Å². The topological polar surface area (TPSA) is 63.0 Å². The summed E-state index contributed by atoms with van der Waals surface area (Å²) in [6.45, 7) is 1.81. The minimum atomic E-state index is -0.157. The van der Waals surface area contributed by atoms with Crippen LogP contribution in [0, 0.1) is 10.6 Å². The summed E-state index contributed by atoms with van der Waals surface area (Å²) < 4.78 is 2.21. The molecule has 0 unspecified atom stereocenters. The highest BCUT2D eigenvalue weighted by Gasteiger charge is 2.08. The van der Waals surface area contributed by atoms with Crippen LogP contribution in [-0.2, 0) is 0 Å². The average molecular weight is 276 g/mol. The predicted octanol–water partition coefficient (Wildman–Crippen LogP) is 0.331. The second-order valence-electron chi connectivity index (χ2n) is 2.33. The van der Waals surface area contributed by atoms with Crippen molar-refractivity contribution in [3.8, 4) is 0 Å². The van der Waals surface area contributed by atoms with Gasteiger partial charge in [0.1, 0.15) is 15.9 Å². The number of H-pyrrole nitrogens is 1. The molecule has 0 aliphatic rings. The number of hydrogen-bond donors (Lipinski definition) is 1. The Bertz CT molecular complexity index is 486. The number of aryl methyl sites for hydroxylation is 1. The second kappa shape index (κ2) is 2.54. The minimum Gasteiger partial charge on any atom is -0.310 e. The van der Waals surface area contributed by atoms with Gasteiger partial charge in [0.05, 0.1) is 0 Å². The zero-order valence-corrected chi connectivity index (χ0v) is 8.36. The summed E-state index contributed by atoms with van der Waals surface area (Å²) in [5.74, 6) is 0.723. The molecule has 6 heteroatoms. The molecule has 0 bridgehead atoms. The highest BCUT2D eigenvalue weighted by molar-refractivity contribution is 14.1. The lowest BCUT2D eigenvalue weighted by Gasteiger charge is -1.90. The summed E-state index contributed by atoms with van der Waals surface area (Å²) in [4.78, 5) is 17.9. The molecule has 1 N–H and O–H groups in total. The van der Waals surface area contributed by atoms with Gasteiger partial charge in [-0.2, -0.15) is 5.10 Å². The van der Waals surface area contributed by atoms with Gasteiger partial charge in [-0.25, -0.2) is 9.50 Å². The maximum Gasteiger partial charge on any atom is 0.277 e. The van der Waals surface area contributed by atoms with Crippen molar-refractivity contribution >= 4 is 28.1 Å². The van der Waals surface area contributed by atoms with Gasteiger partial charge in [0.15, 0.2) is 5.52 Å². The lowest BCUT2D eigenvalue weighted by molar-refractivity contribution is 0.842. The SMILES string of the molecule is Cc1nc(I)c2c(=O)[nH]cnn12. The van der Waals surface area contributed by atoms with Crippen molar-refractivity contribution in [3.63, 3.8) is 0 Å². The molecule has 0 aliphatic carbocycles. The number of imidazole rings is 1. The number of aromatic nitrogens is 4. The van der Waals surface area contributed by atoms with Gasteiger partial charge >= 0.3 is 0 Å². The van der Waals surface area contributed by atoms with Crippen molar-refractivity contribution in [2.24, 2.45) is 0 Å². The molecule has 2 aromatic heterocycles. The monoisotopic (exact) mass is 276 g/mol. The van der Waals surface area contributed by atoms with E-state index in [4.69, 9.17) is 0 Å². The molecule has 2 heterocycles. The van der Waals surface area contributed by atoms with Gasteiger partial charge < -0.3 is 4.98 Å². The van der Waals surface area contributed by atoms with Crippen LogP contribution in [0.2, 0.25) is 0 Å². The van der Waals surface area contributed by atoms with Crippen LogP contribution in [0.1, 0.15) is 5.82 Å². The van der Waals surface area contributed by atoms with Crippen LogP contribution in [0.5, 0.6) is 0 Å². The molecule has 0 amide bonds. The Morgan fingerprint density at radius 3 is 3.08 bits per heavy atom. The van der Waals surface area contributed by atoms with Gasteiger partial charge in [-0.3, -0.25) is 4.79 Å². The first-order valence-electron chi connectivity index (χ1n) is 3.28. The predicted molar refractivity (Wildman–Crippen MR) is 51.1 cm³/mol. The first kappa shape index (κ1) is 7.71. The molecule has 12 heavy (non-hydrogen) atoms. The quantitative estimate of drug-likeness (QED) is 0.705.